The van der Waals surface area contributed by atoms with Crippen molar-refractivity contribution < 1.29 is 53.7 Å². The Morgan fingerprint density at radius 2 is 1.85 bits per heavy atom. The number of esters is 1. The molecule has 2 aromatic rings. The predicted octanol–water partition coefficient (Wildman–Crippen LogP) is 0.835. The van der Waals surface area contributed by atoms with Crippen molar-refractivity contribution in [3.8, 4) is 11.5 Å². The molecule has 6 rings (SSSR count). The van der Waals surface area contributed by atoms with E-state index in [0.717, 1.165) is 0 Å². The first-order valence-electron chi connectivity index (χ1n) is 13.5. The summed E-state index contributed by atoms with van der Waals surface area (Å²) < 4.78 is 28.9. The molecule has 11 nitrogen and oxygen atoms in total. The summed E-state index contributed by atoms with van der Waals surface area (Å²) in [4.78, 5) is 12.2. The highest BCUT2D eigenvalue weighted by Crippen LogP contribution is 2.61. The third-order valence-corrected chi connectivity index (χ3v) is 9.06. The lowest BCUT2D eigenvalue weighted by atomic mass is 9.46. The van der Waals surface area contributed by atoms with Crippen LogP contribution in [0.15, 0.2) is 47.1 Å². The fraction of sp³-hybridized carbons (Fsp3) is 0.552. The molecule has 1 saturated heterocycles. The summed E-state index contributed by atoms with van der Waals surface area (Å²) >= 11 is 0. The van der Waals surface area contributed by atoms with E-state index in [-0.39, 0.29) is 30.9 Å². The van der Waals surface area contributed by atoms with Gasteiger partial charge in [0, 0.05) is 29.6 Å². The maximum Gasteiger partial charge on any atom is 0.306 e. The highest BCUT2D eigenvalue weighted by molar-refractivity contribution is 5.87. The average Bonchev–Trinajstić information content (AvgIpc) is 3.41. The van der Waals surface area contributed by atoms with Crippen molar-refractivity contribution in [3.05, 3.63) is 48.3 Å². The summed E-state index contributed by atoms with van der Waals surface area (Å²) in [6.45, 7) is 1.29. The standard InChI is InChI=1S/C29H34O11/c1-3-37-21(32)9-4-14-12-15-10-11-38-23(15)25(36-2)24(14)40-27-29(35)22-16-6-8-19(31)17(22)5-7-18(16)28(34,26(29)33)20(13-30)39-27/h5-8,10-12,16-20,22,26-27,30-31,33-35H,3-4,9,13H2,1-2H3/t16-,17+,18-,19+,20+,22+,26-,27+,28-,29+/m0/s1. The lowest BCUT2D eigenvalue weighted by Gasteiger charge is -2.67. The van der Waals surface area contributed by atoms with Gasteiger partial charge in [0.05, 0.1) is 32.7 Å². The first-order chi connectivity index (χ1) is 19.2. The number of aliphatic hydroxyl groups is 5. The lowest BCUT2D eigenvalue weighted by molar-refractivity contribution is -0.401. The Labute approximate surface area is 230 Å². The normalized spacial score (nSPS) is 39.3. The number of hydrogen-bond acceptors (Lipinski definition) is 11. The molecule has 1 aromatic carbocycles. The van der Waals surface area contributed by atoms with E-state index in [0.29, 0.717) is 16.5 Å². The Hall–Kier alpha value is -2.93. The molecule has 11 heteroatoms. The Morgan fingerprint density at radius 3 is 2.58 bits per heavy atom. The van der Waals surface area contributed by atoms with Gasteiger partial charge >= 0.3 is 5.97 Å². The van der Waals surface area contributed by atoms with E-state index in [1.165, 1.54) is 13.4 Å². The predicted molar refractivity (Wildman–Crippen MR) is 138 cm³/mol. The second-order valence-electron chi connectivity index (χ2n) is 10.9. The molecule has 2 fully saturated rings. The Bertz CT molecular complexity index is 1350. The number of rotatable bonds is 8. The van der Waals surface area contributed by atoms with Crippen molar-refractivity contribution in [3.63, 3.8) is 0 Å². The molecule has 10 atom stereocenters. The van der Waals surface area contributed by atoms with Crippen LogP contribution in [-0.4, -0.2) is 87.6 Å². The van der Waals surface area contributed by atoms with Crippen LogP contribution >= 0.6 is 0 Å². The summed E-state index contributed by atoms with van der Waals surface area (Å²) in [5.74, 6) is -2.65. The first-order valence-corrected chi connectivity index (χ1v) is 13.5. The van der Waals surface area contributed by atoms with Gasteiger partial charge in [-0.05, 0) is 37.0 Å². The quantitative estimate of drug-likeness (QED) is 0.230. The SMILES string of the molecule is CCOC(=O)CCc1cc2ccoc2c(OC)c1O[C@H]1O[C@H](CO)[C@]2(O)[C@H](O)[C@]1(O)[C@@H]1[C@H]3C=C[C@@H](O)[C@H]1C=C[C@@H]32. The van der Waals surface area contributed by atoms with E-state index < -0.39 is 72.1 Å². The van der Waals surface area contributed by atoms with E-state index in [4.69, 9.17) is 23.4 Å². The molecule has 40 heavy (non-hydrogen) atoms. The number of furan rings is 1. The van der Waals surface area contributed by atoms with Crippen molar-refractivity contribution in [1.82, 2.24) is 0 Å². The molecule has 5 N–H and O–H groups in total. The Balaban J connectivity index is 1.47. The minimum atomic E-state index is -2.22. The van der Waals surface area contributed by atoms with Crippen LogP contribution < -0.4 is 9.47 Å². The highest BCUT2D eigenvalue weighted by Gasteiger charge is 2.76. The zero-order valence-electron chi connectivity index (χ0n) is 22.2. The van der Waals surface area contributed by atoms with E-state index in [9.17, 15) is 30.3 Å². The fourth-order valence-electron chi connectivity index (χ4n) is 7.28. The van der Waals surface area contributed by atoms with Crippen LogP contribution in [0.5, 0.6) is 11.5 Å². The van der Waals surface area contributed by atoms with Crippen molar-refractivity contribution in [2.24, 2.45) is 23.7 Å². The van der Waals surface area contributed by atoms with Crippen LogP contribution in [0.1, 0.15) is 18.9 Å². The molecule has 2 heterocycles. The molecule has 0 unspecified atom stereocenters. The van der Waals surface area contributed by atoms with Gasteiger partial charge in [-0.3, -0.25) is 4.79 Å². The number of allylic oxidation sites excluding steroid dienone is 1. The lowest BCUT2D eigenvalue weighted by Crippen LogP contribution is -2.84. The number of aryl methyl sites for hydroxylation is 1. The number of carbonyl (C=O) groups excluding carboxylic acids is 1. The minimum absolute atomic E-state index is 0.0321. The first kappa shape index (κ1) is 27.3. The number of fused-ring (bicyclic) bond motifs is 4. The van der Waals surface area contributed by atoms with Crippen molar-refractivity contribution in [2.75, 3.05) is 20.3 Å². The third-order valence-electron chi connectivity index (χ3n) is 9.06. The van der Waals surface area contributed by atoms with Crippen LogP contribution in [0.4, 0.5) is 0 Å². The van der Waals surface area contributed by atoms with Crippen LogP contribution in [0, 0.1) is 23.7 Å². The van der Waals surface area contributed by atoms with Crippen LogP contribution in [0.3, 0.4) is 0 Å². The molecule has 1 saturated carbocycles. The van der Waals surface area contributed by atoms with Crippen molar-refractivity contribution in [2.45, 2.75) is 55.6 Å². The smallest absolute Gasteiger partial charge is 0.306 e. The second kappa shape index (κ2) is 9.86. The third kappa shape index (κ3) is 3.69. The van der Waals surface area contributed by atoms with Gasteiger partial charge in [0.1, 0.15) is 17.8 Å². The molecule has 0 radical (unpaired) electrons. The summed E-state index contributed by atoms with van der Waals surface area (Å²) in [7, 11) is 1.42. The van der Waals surface area contributed by atoms with E-state index >= 15 is 0 Å². The van der Waals surface area contributed by atoms with E-state index in [2.05, 4.69) is 0 Å². The van der Waals surface area contributed by atoms with Gasteiger partial charge in [-0.15, -0.1) is 0 Å². The highest BCUT2D eigenvalue weighted by atomic mass is 16.7. The van der Waals surface area contributed by atoms with Crippen molar-refractivity contribution in [1.29, 1.82) is 0 Å². The number of ether oxygens (including phenoxy) is 4. The van der Waals surface area contributed by atoms with Crippen molar-refractivity contribution >= 4 is 16.9 Å². The molecule has 0 spiro atoms. The van der Waals surface area contributed by atoms with Gasteiger partial charge in [0.25, 0.3) is 0 Å². The molecular formula is C29H34O11. The summed E-state index contributed by atoms with van der Waals surface area (Å²) in [6.07, 6.45) is 2.85. The molecule has 1 aliphatic heterocycles. The number of methoxy groups -OCH3 is 1. The van der Waals surface area contributed by atoms with Gasteiger partial charge in [0.2, 0.25) is 12.0 Å². The van der Waals surface area contributed by atoms with E-state index in [1.54, 1.807) is 43.4 Å². The zero-order chi connectivity index (χ0) is 28.4. The van der Waals surface area contributed by atoms with Crippen LogP contribution in [-0.2, 0) is 20.7 Å². The zero-order valence-corrected chi connectivity index (χ0v) is 22.2. The maximum atomic E-state index is 12.4. The van der Waals surface area contributed by atoms with Gasteiger partial charge in [-0.1, -0.05) is 24.3 Å². The molecule has 1 aromatic heterocycles. The average molecular weight is 559 g/mol. The molecular weight excluding hydrogens is 524 g/mol. The Morgan fingerprint density at radius 1 is 1.07 bits per heavy atom. The van der Waals surface area contributed by atoms with Gasteiger partial charge < -0.3 is 48.9 Å². The Kier molecular flexibility index (Phi) is 6.72. The topological polar surface area (TPSA) is 168 Å². The molecule has 3 aliphatic carbocycles. The number of aliphatic hydroxyl groups excluding tert-OH is 3. The molecule has 4 aliphatic rings. The van der Waals surface area contributed by atoms with E-state index in [1.807, 2.05) is 0 Å². The largest absolute Gasteiger partial charge is 0.490 e. The van der Waals surface area contributed by atoms with Gasteiger partial charge in [-0.2, -0.15) is 0 Å². The molecule has 6 bridgehead atoms. The summed E-state index contributed by atoms with van der Waals surface area (Å²) in [5, 5.41) is 57.6. The van der Waals surface area contributed by atoms with Crippen LogP contribution in [0.25, 0.3) is 11.0 Å². The molecule has 0 amide bonds. The summed E-state index contributed by atoms with van der Waals surface area (Å²) in [5.41, 5.74) is -3.38. The fourth-order valence-corrected chi connectivity index (χ4v) is 7.28. The number of hydrogen-bond donors (Lipinski definition) is 5. The van der Waals surface area contributed by atoms with Crippen LogP contribution in [0.2, 0.25) is 0 Å². The monoisotopic (exact) mass is 558 g/mol. The summed E-state index contributed by atoms with van der Waals surface area (Å²) in [6, 6.07) is 3.50. The second-order valence-corrected chi connectivity index (χ2v) is 10.9. The maximum absolute atomic E-state index is 12.4. The number of carbonyl (C=O) groups is 1. The minimum Gasteiger partial charge on any atom is -0.490 e. The van der Waals surface area contributed by atoms with Gasteiger partial charge in [0.15, 0.2) is 16.9 Å². The van der Waals surface area contributed by atoms with Gasteiger partial charge in [-0.25, -0.2) is 0 Å². The molecule has 216 valence electrons. The number of benzene rings is 1.